The van der Waals surface area contributed by atoms with Gasteiger partial charge < -0.3 is 15.3 Å². The van der Waals surface area contributed by atoms with E-state index in [-0.39, 0.29) is 23.1 Å². The van der Waals surface area contributed by atoms with Crippen molar-refractivity contribution in [1.82, 2.24) is 4.90 Å². The van der Waals surface area contributed by atoms with Gasteiger partial charge in [-0.1, -0.05) is 12.1 Å². The van der Waals surface area contributed by atoms with Crippen molar-refractivity contribution in [1.29, 1.82) is 0 Å². The van der Waals surface area contributed by atoms with Gasteiger partial charge in [0.15, 0.2) is 0 Å². The van der Waals surface area contributed by atoms with E-state index < -0.39 is 13.3 Å². The highest BCUT2D eigenvalue weighted by atomic mass is 31.2. The Labute approximate surface area is 122 Å². The minimum atomic E-state index is -2.97. The second-order valence-electron chi connectivity index (χ2n) is 5.32. The van der Waals surface area contributed by atoms with Crippen molar-refractivity contribution in [3.8, 4) is 0 Å². The van der Waals surface area contributed by atoms with Crippen LogP contribution in [-0.2, 0) is 9.36 Å². The molecular weight excluding hydrogens is 289 g/mol. The van der Waals surface area contributed by atoms with E-state index >= 15 is 0 Å². The van der Waals surface area contributed by atoms with Gasteiger partial charge in [-0.05, 0) is 19.1 Å². The fourth-order valence-corrected chi connectivity index (χ4v) is 4.11. The lowest BCUT2D eigenvalue weighted by Gasteiger charge is -2.23. The van der Waals surface area contributed by atoms with Crippen LogP contribution in [0.1, 0.15) is 6.92 Å². The molecule has 6 nitrogen and oxygen atoms in total. The van der Waals surface area contributed by atoms with Crippen LogP contribution in [0.15, 0.2) is 40.4 Å². The van der Waals surface area contributed by atoms with Crippen LogP contribution in [-0.4, -0.2) is 41.5 Å². The molecule has 2 aliphatic rings. The maximum atomic E-state index is 12.7. The molecule has 2 N–H and O–H groups in total. The number of rotatable bonds is 1. The van der Waals surface area contributed by atoms with Crippen molar-refractivity contribution in [3.63, 3.8) is 0 Å². The van der Waals surface area contributed by atoms with Crippen molar-refractivity contribution in [3.05, 3.63) is 35.6 Å². The van der Waals surface area contributed by atoms with E-state index in [2.05, 4.69) is 10.1 Å². The highest BCUT2D eigenvalue weighted by Crippen LogP contribution is 2.47. The third-order valence-corrected chi connectivity index (χ3v) is 5.76. The standard InChI is InChI=1S/C14H16N3O3P/c1-8-12(18)11(14(19)17(8)2)13-15-9-6-4-5-7-10(9)21(3,20)16-13/h4-8,18H,1-3H3,(H,15,16,20)/t8-,21?/m0/s1. The van der Waals surface area contributed by atoms with E-state index in [1.807, 2.05) is 6.07 Å². The SMILES string of the molecule is C[C@H]1C(O)=C(C2=NP(C)(=O)c3ccccc3N2)C(=O)N1C. The first-order valence-corrected chi connectivity index (χ1v) is 8.68. The van der Waals surface area contributed by atoms with Gasteiger partial charge in [0, 0.05) is 13.7 Å². The summed E-state index contributed by atoms with van der Waals surface area (Å²) in [6, 6.07) is 6.73. The third-order valence-electron chi connectivity index (χ3n) is 3.90. The average Bonchev–Trinajstić information content (AvgIpc) is 2.62. The molecule has 0 bridgehead atoms. The number of anilines is 1. The first-order valence-electron chi connectivity index (χ1n) is 6.58. The molecule has 0 radical (unpaired) electrons. The molecule has 1 aromatic carbocycles. The second kappa shape index (κ2) is 4.46. The van der Waals surface area contributed by atoms with E-state index in [0.717, 1.165) is 0 Å². The number of nitrogens with zero attached hydrogens (tertiary/aromatic N) is 2. The van der Waals surface area contributed by atoms with Gasteiger partial charge in [-0.3, -0.25) is 9.36 Å². The van der Waals surface area contributed by atoms with E-state index in [4.69, 9.17) is 0 Å². The van der Waals surface area contributed by atoms with Gasteiger partial charge >= 0.3 is 0 Å². The summed E-state index contributed by atoms with van der Waals surface area (Å²) in [5.41, 5.74) is 0.755. The zero-order chi connectivity index (χ0) is 15.4. The molecule has 0 fully saturated rings. The average molecular weight is 305 g/mol. The van der Waals surface area contributed by atoms with Crippen molar-refractivity contribution in [2.45, 2.75) is 13.0 Å². The lowest BCUT2D eigenvalue weighted by atomic mass is 10.2. The van der Waals surface area contributed by atoms with E-state index in [1.54, 1.807) is 38.8 Å². The molecule has 0 spiro atoms. The van der Waals surface area contributed by atoms with Crippen LogP contribution < -0.4 is 10.6 Å². The smallest absolute Gasteiger partial charge is 0.261 e. The molecule has 1 unspecified atom stereocenters. The van der Waals surface area contributed by atoms with Crippen LogP contribution >= 0.6 is 7.29 Å². The molecule has 7 heteroatoms. The topological polar surface area (TPSA) is 82.0 Å². The second-order valence-corrected chi connectivity index (χ2v) is 7.76. The highest BCUT2D eigenvalue weighted by molar-refractivity contribution is 7.70. The summed E-state index contributed by atoms with van der Waals surface area (Å²) in [4.78, 5) is 13.7. The van der Waals surface area contributed by atoms with Crippen molar-refractivity contribution >= 4 is 30.0 Å². The lowest BCUT2D eigenvalue weighted by Crippen LogP contribution is -2.32. The largest absolute Gasteiger partial charge is 0.509 e. The van der Waals surface area contributed by atoms with Gasteiger partial charge in [0.2, 0.25) is 7.29 Å². The number of carbonyl (C=O) groups is 1. The molecule has 2 heterocycles. The van der Waals surface area contributed by atoms with Gasteiger partial charge in [0.25, 0.3) is 5.91 Å². The summed E-state index contributed by atoms with van der Waals surface area (Å²) in [5.74, 6) is -0.197. The lowest BCUT2D eigenvalue weighted by molar-refractivity contribution is -0.125. The first kappa shape index (κ1) is 13.9. The molecule has 21 heavy (non-hydrogen) atoms. The maximum Gasteiger partial charge on any atom is 0.261 e. The molecule has 110 valence electrons. The van der Waals surface area contributed by atoms with Crippen molar-refractivity contribution in [2.24, 2.45) is 4.76 Å². The van der Waals surface area contributed by atoms with Gasteiger partial charge in [-0.25, -0.2) is 4.76 Å². The van der Waals surface area contributed by atoms with Crippen LogP contribution in [0.4, 0.5) is 5.69 Å². The predicted octanol–water partition coefficient (Wildman–Crippen LogP) is 1.72. The van der Waals surface area contributed by atoms with Crippen molar-refractivity contribution < 1.29 is 14.5 Å². The van der Waals surface area contributed by atoms with Gasteiger partial charge in [-0.15, -0.1) is 0 Å². The Kier molecular flexibility index (Phi) is 2.95. The Bertz CT molecular complexity index is 754. The molecule has 2 atom stereocenters. The van der Waals surface area contributed by atoms with Crippen LogP contribution in [0.3, 0.4) is 0 Å². The molecule has 0 saturated carbocycles. The quantitative estimate of drug-likeness (QED) is 0.774. The fourth-order valence-electron chi connectivity index (χ4n) is 2.53. The number of benzene rings is 1. The molecule has 3 rings (SSSR count). The minimum absolute atomic E-state index is 0.0480. The van der Waals surface area contributed by atoms with Crippen LogP contribution in [0.2, 0.25) is 0 Å². The van der Waals surface area contributed by atoms with Gasteiger partial charge in [0.1, 0.15) is 17.2 Å². The Balaban J connectivity index is 2.13. The summed E-state index contributed by atoms with van der Waals surface area (Å²) in [6.45, 7) is 3.28. The number of likely N-dealkylation sites (N-methyl/N-ethyl adjacent to an activating group) is 1. The molecule has 0 saturated heterocycles. The number of hydrogen-bond acceptors (Lipinski definition) is 4. The summed E-state index contributed by atoms with van der Waals surface area (Å²) < 4.78 is 16.9. The molecule has 0 aromatic heterocycles. The number of amides is 1. The maximum absolute atomic E-state index is 12.7. The van der Waals surface area contributed by atoms with Crippen LogP contribution in [0, 0.1) is 0 Å². The third kappa shape index (κ3) is 1.98. The summed E-state index contributed by atoms with van der Waals surface area (Å²) in [7, 11) is -1.36. The molecule has 2 aliphatic heterocycles. The fraction of sp³-hybridized carbons (Fsp3) is 0.286. The molecular formula is C14H16N3O3P. The number of nitrogens with one attached hydrogen (secondary N) is 1. The highest BCUT2D eigenvalue weighted by Gasteiger charge is 2.39. The monoisotopic (exact) mass is 305 g/mol. The number of carbonyl (C=O) groups excluding carboxylic acids is 1. The number of aliphatic hydroxyl groups is 1. The van der Waals surface area contributed by atoms with E-state index in [0.29, 0.717) is 11.0 Å². The zero-order valence-electron chi connectivity index (χ0n) is 12.0. The van der Waals surface area contributed by atoms with Gasteiger partial charge in [0.05, 0.1) is 17.0 Å². The van der Waals surface area contributed by atoms with Crippen LogP contribution in [0.25, 0.3) is 0 Å². The van der Waals surface area contributed by atoms with E-state index in [9.17, 15) is 14.5 Å². The first-order chi connectivity index (χ1) is 9.83. The van der Waals surface area contributed by atoms with E-state index in [1.165, 1.54) is 4.90 Å². The van der Waals surface area contributed by atoms with Crippen LogP contribution in [0.5, 0.6) is 0 Å². The zero-order valence-corrected chi connectivity index (χ0v) is 12.9. The number of hydrogen-bond donors (Lipinski definition) is 2. The Morgan fingerprint density at radius 2 is 2.05 bits per heavy atom. The molecule has 1 aromatic rings. The Morgan fingerprint density at radius 1 is 1.38 bits per heavy atom. The summed E-state index contributed by atoms with van der Waals surface area (Å²) >= 11 is 0. The Hall–Kier alpha value is -2.07. The summed E-state index contributed by atoms with van der Waals surface area (Å²) in [5, 5.41) is 13.8. The predicted molar refractivity (Wildman–Crippen MR) is 82.6 cm³/mol. The number of para-hydroxylation sites is 1. The van der Waals surface area contributed by atoms with Gasteiger partial charge in [-0.2, -0.15) is 0 Å². The molecule has 1 amide bonds. The number of aliphatic hydroxyl groups excluding tert-OH is 1. The minimum Gasteiger partial charge on any atom is -0.509 e. The number of fused-ring (bicyclic) bond motifs is 1. The number of amidine groups is 1. The summed E-state index contributed by atoms with van der Waals surface area (Å²) in [6.07, 6.45) is 0. The van der Waals surface area contributed by atoms with Crippen molar-refractivity contribution in [2.75, 3.05) is 19.0 Å². The Morgan fingerprint density at radius 3 is 2.67 bits per heavy atom. The molecule has 0 aliphatic carbocycles. The normalized spacial score (nSPS) is 28.3.